The molecular formula is C17H18N4. The monoisotopic (exact) mass is 278 g/mol. The molecule has 0 aliphatic carbocycles. The summed E-state index contributed by atoms with van der Waals surface area (Å²) in [7, 11) is 0. The predicted octanol–water partition coefficient (Wildman–Crippen LogP) is 3.18. The van der Waals surface area contributed by atoms with E-state index in [9.17, 15) is 0 Å². The summed E-state index contributed by atoms with van der Waals surface area (Å²) in [5.41, 5.74) is 9.95. The van der Waals surface area contributed by atoms with Crippen molar-refractivity contribution in [1.29, 1.82) is 0 Å². The van der Waals surface area contributed by atoms with Gasteiger partial charge in [-0.15, -0.1) is 0 Å². The Kier molecular flexibility index (Phi) is 3.69. The van der Waals surface area contributed by atoms with Crippen LogP contribution in [-0.4, -0.2) is 16.5 Å². The standard InChI is InChI=1S/C17H18N4/c1-12-11-21-16(10-15(12)18)19-9-7-14-5-2-4-13-6-3-8-20-17(13)14/h2-6,8,10-11H,7,9H2,1H3,(H3,18,19,21). The van der Waals surface area contributed by atoms with Gasteiger partial charge in [0.1, 0.15) is 5.82 Å². The topological polar surface area (TPSA) is 63.8 Å². The van der Waals surface area contributed by atoms with E-state index in [2.05, 4.69) is 39.6 Å². The van der Waals surface area contributed by atoms with Crippen LogP contribution < -0.4 is 11.1 Å². The van der Waals surface area contributed by atoms with Gasteiger partial charge in [0.25, 0.3) is 0 Å². The molecule has 0 aliphatic heterocycles. The van der Waals surface area contributed by atoms with Gasteiger partial charge in [-0.25, -0.2) is 4.98 Å². The van der Waals surface area contributed by atoms with E-state index in [4.69, 9.17) is 5.73 Å². The van der Waals surface area contributed by atoms with Gasteiger partial charge in [0.15, 0.2) is 0 Å². The number of nitrogen functional groups attached to an aromatic ring is 1. The van der Waals surface area contributed by atoms with Crippen LogP contribution in [0.15, 0.2) is 48.8 Å². The van der Waals surface area contributed by atoms with Crippen molar-refractivity contribution in [1.82, 2.24) is 9.97 Å². The maximum Gasteiger partial charge on any atom is 0.127 e. The Morgan fingerprint density at radius 1 is 1.14 bits per heavy atom. The molecule has 2 aromatic heterocycles. The van der Waals surface area contributed by atoms with Crippen LogP contribution in [0.4, 0.5) is 11.5 Å². The smallest absolute Gasteiger partial charge is 0.127 e. The summed E-state index contributed by atoms with van der Waals surface area (Å²) in [6.45, 7) is 2.75. The summed E-state index contributed by atoms with van der Waals surface area (Å²) in [6.07, 6.45) is 4.52. The largest absolute Gasteiger partial charge is 0.398 e. The van der Waals surface area contributed by atoms with Gasteiger partial charge in [-0.3, -0.25) is 4.98 Å². The lowest BCUT2D eigenvalue weighted by Gasteiger charge is -2.09. The highest BCUT2D eigenvalue weighted by Crippen LogP contribution is 2.17. The van der Waals surface area contributed by atoms with Crippen LogP contribution in [0.5, 0.6) is 0 Å². The molecule has 106 valence electrons. The molecule has 1 aromatic carbocycles. The average molecular weight is 278 g/mol. The lowest BCUT2D eigenvalue weighted by atomic mass is 10.1. The Balaban J connectivity index is 1.70. The second-order valence-corrected chi connectivity index (χ2v) is 5.10. The summed E-state index contributed by atoms with van der Waals surface area (Å²) in [4.78, 5) is 8.80. The molecule has 3 aromatic rings. The van der Waals surface area contributed by atoms with Crippen molar-refractivity contribution in [3.05, 3.63) is 59.9 Å². The average Bonchev–Trinajstić information content (AvgIpc) is 2.51. The summed E-state index contributed by atoms with van der Waals surface area (Å²) < 4.78 is 0. The maximum absolute atomic E-state index is 5.89. The zero-order valence-electron chi connectivity index (χ0n) is 12.0. The second kappa shape index (κ2) is 5.79. The Hall–Kier alpha value is -2.62. The first kappa shape index (κ1) is 13.4. The lowest BCUT2D eigenvalue weighted by Crippen LogP contribution is -2.07. The van der Waals surface area contributed by atoms with Gasteiger partial charge in [-0.2, -0.15) is 0 Å². The number of para-hydroxylation sites is 1. The van der Waals surface area contributed by atoms with E-state index in [1.165, 1.54) is 10.9 Å². The van der Waals surface area contributed by atoms with E-state index in [0.29, 0.717) is 0 Å². The van der Waals surface area contributed by atoms with Gasteiger partial charge in [0.2, 0.25) is 0 Å². The van der Waals surface area contributed by atoms with Crippen molar-refractivity contribution in [3.63, 3.8) is 0 Å². The Morgan fingerprint density at radius 2 is 2.00 bits per heavy atom. The quantitative estimate of drug-likeness (QED) is 0.769. The van der Waals surface area contributed by atoms with Crippen LogP contribution in [-0.2, 0) is 6.42 Å². The minimum atomic E-state index is 0.763. The molecule has 0 radical (unpaired) electrons. The van der Waals surface area contributed by atoms with Crippen LogP contribution in [0.2, 0.25) is 0 Å². The van der Waals surface area contributed by atoms with E-state index in [1.807, 2.05) is 25.3 Å². The fraction of sp³-hybridized carbons (Fsp3) is 0.176. The van der Waals surface area contributed by atoms with E-state index in [1.54, 1.807) is 6.20 Å². The van der Waals surface area contributed by atoms with Crippen molar-refractivity contribution in [2.24, 2.45) is 0 Å². The molecule has 0 saturated heterocycles. The third-order valence-electron chi connectivity index (χ3n) is 3.56. The highest BCUT2D eigenvalue weighted by atomic mass is 15.0. The van der Waals surface area contributed by atoms with E-state index in [-0.39, 0.29) is 0 Å². The summed E-state index contributed by atoms with van der Waals surface area (Å²) in [5, 5.41) is 4.48. The molecule has 3 N–H and O–H groups in total. The number of pyridine rings is 2. The molecule has 0 aliphatic rings. The molecule has 0 fully saturated rings. The van der Waals surface area contributed by atoms with E-state index < -0.39 is 0 Å². The number of aryl methyl sites for hydroxylation is 1. The Labute approximate surface area is 124 Å². The van der Waals surface area contributed by atoms with E-state index in [0.717, 1.165) is 35.6 Å². The number of fused-ring (bicyclic) bond motifs is 1. The maximum atomic E-state index is 5.89. The number of aromatic nitrogens is 2. The van der Waals surface area contributed by atoms with Crippen LogP contribution in [0.25, 0.3) is 10.9 Å². The number of nitrogens with two attached hydrogens (primary N) is 1. The Morgan fingerprint density at radius 3 is 2.86 bits per heavy atom. The first-order valence-corrected chi connectivity index (χ1v) is 7.02. The normalized spacial score (nSPS) is 10.7. The van der Waals surface area contributed by atoms with Crippen LogP contribution >= 0.6 is 0 Å². The SMILES string of the molecule is Cc1cnc(NCCc2cccc3cccnc23)cc1N. The fourth-order valence-corrected chi connectivity index (χ4v) is 2.33. The van der Waals surface area contributed by atoms with Crippen LogP contribution in [0.3, 0.4) is 0 Å². The molecule has 4 nitrogen and oxygen atoms in total. The number of hydrogen-bond donors (Lipinski definition) is 2. The molecule has 21 heavy (non-hydrogen) atoms. The first-order valence-electron chi connectivity index (χ1n) is 7.02. The van der Waals surface area contributed by atoms with Gasteiger partial charge < -0.3 is 11.1 Å². The minimum Gasteiger partial charge on any atom is -0.398 e. The lowest BCUT2D eigenvalue weighted by molar-refractivity contribution is 1.01. The zero-order chi connectivity index (χ0) is 14.7. The molecular weight excluding hydrogens is 260 g/mol. The second-order valence-electron chi connectivity index (χ2n) is 5.10. The number of anilines is 2. The van der Waals surface area contributed by atoms with Gasteiger partial charge in [0, 0.05) is 36.1 Å². The van der Waals surface area contributed by atoms with Gasteiger partial charge >= 0.3 is 0 Å². The first-order chi connectivity index (χ1) is 10.2. The molecule has 2 heterocycles. The van der Waals surface area contributed by atoms with Gasteiger partial charge in [0.05, 0.1) is 5.52 Å². The van der Waals surface area contributed by atoms with Crippen molar-refractivity contribution in [2.45, 2.75) is 13.3 Å². The summed E-state index contributed by atoms with van der Waals surface area (Å²) >= 11 is 0. The molecule has 0 amide bonds. The molecule has 0 unspecified atom stereocenters. The Bertz CT molecular complexity index is 762. The number of benzene rings is 1. The third-order valence-corrected chi connectivity index (χ3v) is 3.56. The fourth-order valence-electron chi connectivity index (χ4n) is 2.33. The third kappa shape index (κ3) is 2.94. The highest BCUT2D eigenvalue weighted by Gasteiger charge is 2.02. The molecule has 0 bridgehead atoms. The minimum absolute atomic E-state index is 0.763. The van der Waals surface area contributed by atoms with E-state index >= 15 is 0 Å². The van der Waals surface area contributed by atoms with Crippen molar-refractivity contribution < 1.29 is 0 Å². The van der Waals surface area contributed by atoms with Crippen LogP contribution in [0, 0.1) is 6.92 Å². The number of nitrogens with one attached hydrogen (secondary N) is 1. The van der Waals surface area contributed by atoms with Gasteiger partial charge in [-0.05, 0) is 30.5 Å². The number of rotatable bonds is 4. The number of nitrogens with zero attached hydrogens (tertiary/aromatic N) is 2. The molecule has 0 saturated carbocycles. The molecule has 4 heteroatoms. The molecule has 3 rings (SSSR count). The van der Waals surface area contributed by atoms with Gasteiger partial charge in [-0.1, -0.05) is 24.3 Å². The van der Waals surface area contributed by atoms with Crippen molar-refractivity contribution in [2.75, 3.05) is 17.6 Å². The predicted molar refractivity (Wildman–Crippen MR) is 87.3 cm³/mol. The number of hydrogen-bond acceptors (Lipinski definition) is 4. The van der Waals surface area contributed by atoms with Crippen molar-refractivity contribution in [3.8, 4) is 0 Å². The summed E-state index contributed by atoms with van der Waals surface area (Å²) in [6, 6.07) is 12.2. The summed E-state index contributed by atoms with van der Waals surface area (Å²) in [5.74, 6) is 0.811. The zero-order valence-corrected chi connectivity index (χ0v) is 12.0. The highest BCUT2D eigenvalue weighted by molar-refractivity contribution is 5.81. The van der Waals surface area contributed by atoms with Crippen molar-refractivity contribution >= 4 is 22.4 Å². The molecule has 0 atom stereocenters. The molecule has 0 spiro atoms. The van der Waals surface area contributed by atoms with Crippen LogP contribution in [0.1, 0.15) is 11.1 Å².